The van der Waals surface area contributed by atoms with Gasteiger partial charge in [0.05, 0.1) is 17.9 Å². The van der Waals surface area contributed by atoms with Crippen molar-refractivity contribution in [2.24, 2.45) is 5.92 Å². The van der Waals surface area contributed by atoms with E-state index in [1.54, 1.807) is 17.0 Å². The van der Waals surface area contributed by atoms with Crippen molar-refractivity contribution < 1.29 is 14.3 Å². The highest BCUT2D eigenvalue weighted by Crippen LogP contribution is 2.31. The molecule has 1 amide bonds. The fraction of sp³-hybridized carbons (Fsp3) is 0.333. The van der Waals surface area contributed by atoms with Gasteiger partial charge in [0, 0.05) is 24.3 Å². The van der Waals surface area contributed by atoms with Crippen LogP contribution in [0.15, 0.2) is 42.7 Å². The average molecular weight is 349 g/mol. The van der Waals surface area contributed by atoms with Crippen LogP contribution in [0.5, 0.6) is 0 Å². The summed E-state index contributed by atoms with van der Waals surface area (Å²) in [5.41, 5.74) is 1.09. The van der Waals surface area contributed by atoms with Gasteiger partial charge in [-0.25, -0.2) is 4.39 Å². The van der Waals surface area contributed by atoms with Gasteiger partial charge in [-0.3, -0.25) is 9.78 Å². The maximum Gasteiger partial charge on any atom is 0.255 e. The number of amides is 1. The number of carbonyl (C=O) groups excluding carboxylic acids is 1. The van der Waals surface area contributed by atoms with Crippen molar-refractivity contribution in [2.45, 2.75) is 18.9 Å². The molecule has 1 aliphatic rings. The van der Waals surface area contributed by atoms with Crippen LogP contribution < -0.4 is 0 Å². The molecule has 2 heterocycles. The van der Waals surface area contributed by atoms with Gasteiger partial charge in [-0.2, -0.15) is 0 Å². The highest BCUT2D eigenvalue weighted by molar-refractivity contribution is 6.30. The molecule has 0 spiro atoms. The number of aromatic nitrogens is 1. The first-order chi connectivity index (χ1) is 11.5. The number of halogens is 2. The third kappa shape index (κ3) is 3.74. The number of nitrogens with zero attached hydrogens (tertiary/aromatic N) is 2. The Hall–Kier alpha value is -1.98. The van der Waals surface area contributed by atoms with Gasteiger partial charge < -0.3 is 10.0 Å². The second-order valence-electron chi connectivity index (χ2n) is 6.02. The number of aliphatic hydroxyl groups excluding tert-OH is 1. The first kappa shape index (κ1) is 16.9. The lowest BCUT2D eigenvalue weighted by molar-refractivity contribution is 0.0462. The lowest BCUT2D eigenvalue weighted by Crippen LogP contribution is -2.39. The van der Waals surface area contributed by atoms with Gasteiger partial charge in [0.25, 0.3) is 5.91 Å². The van der Waals surface area contributed by atoms with Gasteiger partial charge in [0.1, 0.15) is 5.82 Å². The minimum absolute atomic E-state index is 0.0841. The Kier molecular flexibility index (Phi) is 5.11. The van der Waals surface area contributed by atoms with E-state index in [1.165, 1.54) is 12.3 Å². The van der Waals surface area contributed by atoms with E-state index in [1.807, 2.05) is 12.1 Å². The number of rotatable bonds is 3. The molecule has 126 valence electrons. The van der Waals surface area contributed by atoms with E-state index in [-0.39, 0.29) is 17.4 Å². The molecule has 3 rings (SSSR count). The quantitative estimate of drug-likeness (QED) is 0.924. The monoisotopic (exact) mass is 348 g/mol. The molecule has 1 aromatic carbocycles. The second-order valence-corrected chi connectivity index (χ2v) is 6.45. The molecule has 1 aromatic heterocycles. The van der Waals surface area contributed by atoms with E-state index in [2.05, 4.69) is 4.98 Å². The molecule has 1 saturated heterocycles. The predicted octanol–water partition coefficient (Wildman–Crippen LogP) is 3.46. The summed E-state index contributed by atoms with van der Waals surface area (Å²) >= 11 is 5.87. The average Bonchev–Trinajstić information content (AvgIpc) is 2.61. The molecule has 0 saturated carbocycles. The van der Waals surface area contributed by atoms with Crippen molar-refractivity contribution in [1.29, 1.82) is 0 Å². The first-order valence-electron chi connectivity index (χ1n) is 7.88. The summed E-state index contributed by atoms with van der Waals surface area (Å²) in [6.45, 7) is 1.06. The Balaban J connectivity index is 1.61. The molecule has 1 N–H and O–H groups in total. The van der Waals surface area contributed by atoms with Gasteiger partial charge in [-0.05, 0) is 42.5 Å². The van der Waals surface area contributed by atoms with Crippen LogP contribution in [0.2, 0.25) is 5.02 Å². The Morgan fingerprint density at radius 3 is 2.54 bits per heavy atom. The van der Waals surface area contributed by atoms with Crippen LogP contribution in [0.3, 0.4) is 0 Å². The zero-order chi connectivity index (χ0) is 17.1. The molecule has 1 aliphatic heterocycles. The summed E-state index contributed by atoms with van der Waals surface area (Å²) in [6, 6.07) is 8.36. The molecule has 1 fully saturated rings. The minimum Gasteiger partial charge on any atom is -0.388 e. The fourth-order valence-corrected chi connectivity index (χ4v) is 3.19. The normalized spacial score (nSPS) is 16.9. The van der Waals surface area contributed by atoms with Crippen molar-refractivity contribution in [1.82, 2.24) is 9.88 Å². The highest BCUT2D eigenvalue weighted by atomic mass is 35.5. The van der Waals surface area contributed by atoms with E-state index in [4.69, 9.17) is 11.6 Å². The lowest BCUT2D eigenvalue weighted by atomic mass is 9.87. The smallest absolute Gasteiger partial charge is 0.255 e. The number of piperidine rings is 1. The number of aliphatic hydroxyl groups is 1. The van der Waals surface area contributed by atoms with Crippen molar-refractivity contribution in [2.75, 3.05) is 13.1 Å². The van der Waals surface area contributed by atoms with Crippen molar-refractivity contribution >= 4 is 17.5 Å². The highest BCUT2D eigenvalue weighted by Gasteiger charge is 2.28. The molecule has 0 aliphatic carbocycles. The van der Waals surface area contributed by atoms with Crippen LogP contribution in [-0.4, -0.2) is 34.0 Å². The first-order valence-corrected chi connectivity index (χ1v) is 8.26. The van der Waals surface area contributed by atoms with Crippen LogP contribution in [0.25, 0.3) is 0 Å². The zero-order valence-electron chi connectivity index (χ0n) is 13.0. The Morgan fingerprint density at radius 2 is 1.92 bits per heavy atom. The number of carbonyl (C=O) groups is 1. The summed E-state index contributed by atoms with van der Waals surface area (Å²) in [4.78, 5) is 17.8. The minimum atomic E-state index is -0.574. The Morgan fingerprint density at radius 1 is 1.25 bits per heavy atom. The fourth-order valence-electron chi connectivity index (χ4n) is 3.06. The molecule has 0 unspecified atom stereocenters. The predicted molar refractivity (Wildman–Crippen MR) is 89.2 cm³/mol. The third-order valence-corrected chi connectivity index (χ3v) is 4.69. The largest absolute Gasteiger partial charge is 0.388 e. The number of likely N-dealkylation sites (tertiary alicyclic amines) is 1. The summed E-state index contributed by atoms with van der Waals surface area (Å²) in [6.07, 6.45) is 3.26. The van der Waals surface area contributed by atoms with Crippen molar-refractivity contribution in [3.63, 3.8) is 0 Å². The lowest BCUT2D eigenvalue weighted by Gasteiger charge is -2.34. The number of pyridine rings is 1. The summed E-state index contributed by atoms with van der Waals surface area (Å²) < 4.78 is 13.2. The molecular weight excluding hydrogens is 331 g/mol. The summed E-state index contributed by atoms with van der Waals surface area (Å²) in [5, 5.41) is 11.1. The molecular formula is C18H18ClFN2O2. The van der Waals surface area contributed by atoms with E-state index < -0.39 is 11.9 Å². The number of hydrogen-bond acceptors (Lipinski definition) is 3. The van der Waals surface area contributed by atoms with Gasteiger partial charge in [-0.1, -0.05) is 23.7 Å². The SMILES string of the molecule is O=C(c1cncc(F)c1)N1CCC([C@H](O)c2ccc(Cl)cc2)CC1. The van der Waals surface area contributed by atoms with E-state index >= 15 is 0 Å². The zero-order valence-corrected chi connectivity index (χ0v) is 13.8. The number of hydrogen-bond donors (Lipinski definition) is 1. The van der Waals surface area contributed by atoms with Crippen molar-refractivity contribution in [3.05, 3.63) is 64.7 Å². The molecule has 0 radical (unpaired) electrons. The standard InChI is InChI=1S/C18H18ClFN2O2/c19-15-3-1-12(2-4-15)17(23)13-5-7-22(8-6-13)18(24)14-9-16(20)11-21-10-14/h1-4,9-11,13,17,23H,5-8H2/t17-/m1/s1. The third-order valence-electron chi connectivity index (χ3n) is 4.44. The molecule has 4 nitrogen and oxygen atoms in total. The van der Waals surface area contributed by atoms with Gasteiger partial charge >= 0.3 is 0 Å². The maximum absolute atomic E-state index is 13.2. The van der Waals surface area contributed by atoms with Gasteiger partial charge in [-0.15, -0.1) is 0 Å². The van der Waals surface area contributed by atoms with Crippen LogP contribution in [0, 0.1) is 11.7 Å². The summed E-state index contributed by atoms with van der Waals surface area (Å²) in [7, 11) is 0. The molecule has 2 aromatic rings. The molecule has 0 bridgehead atoms. The Labute approximate surface area is 144 Å². The van der Waals surface area contributed by atoms with Crippen LogP contribution >= 0.6 is 11.6 Å². The van der Waals surface area contributed by atoms with Crippen LogP contribution in [-0.2, 0) is 0 Å². The molecule has 6 heteroatoms. The van der Waals surface area contributed by atoms with Crippen molar-refractivity contribution in [3.8, 4) is 0 Å². The number of benzene rings is 1. The van der Waals surface area contributed by atoms with Crippen LogP contribution in [0.1, 0.15) is 34.9 Å². The van der Waals surface area contributed by atoms with Crippen LogP contribution in [0.4, 0.5) is 4.39 Å². The Bertz CT molecular complexity index is 715. The van der Waals surface area contributed by atoms with Gasteiger partial charge in [0.15, 0.2) is 0 Å². The van der Waals surface area contributed by atoms with Gasteiger partial charge in [0.2, 0.25) is 0 Å². The second kappa shape index (κ2) is 7.28. The topological polar surface area (TPSA) is 53.4 Å². The maximum atomic E-state index is 13.2. The van der Waals surface area contributed by atoms with E-state index in [0.717, 1.165) is 11.8 Å². The molecule has 1 atom stereocenters. The molecule has 24 heavy (non-hydrogen) atoms. The van der Waals surface area contributed by atoms with E-state index in [0.29, 0.717) is 31.0 Å². The van der Waals surface area contributed by atoms with E-state index in [9.17, 15) is 14.3 Å². The summed E-state index contributed by atoms with van der Waals surface area (Å²) in [5.74, 6) is -0.656.